The van der Waals surface area contributed by atoms with E-state index in [2.05, 4.69) is 4.84 Å². The first-order valence-electron chi connectivity index (χ1n) is 4.94. The Hall–Kier alpha value is -0.590. The second-order valence-electron chi connectivity index (χ2n) is 5.20. The highest BCUT2D eigenvalue weighted by Crippen LogP contribution is 2.43. The van der Waals surface area contributed by atoms with E-state index in [0.717, 1.165) is 0 Å². The Labute approximate surface area is 101 Å². The van der Waals surface area contributed by atoms with Crippen LogP contribution in [0.15, 0.2) is 0 Å². The van der Waals surface area contributed by atoms with Gasteiger partial charge in [-0.1, -0.05) is 0 Å². The van der Waals surface area contributed by atoms with Crippen LogP contribution in [0.2, 0.25) is 0 Å². The third-order valence-corrected chi connectivity index (χ3v) is 3.25. The predicted molar refractivity (Wildman–Crippen MR) is 60.1 cm³/mol. The third-order valence-electron chi connectivity index (χ3n) is 3.25. The molecule has 0 aromatic heterocycles. The smallest absolute Gasteiger partial charge is 0.294 e. The molecule has 1 saturated heterocycles. The van der Waals surface area contributed by atoms with Crippen molar-refractivity contribution in [3.63, 3.8) is 0 Å². The molecule has 0 spiro atoms. The van der Waals surface area contributed by atoms with Crippen LogP contribution >= 0.6 is 12.4 Å². The van der Waals surface area contributed by atoms with Crippen LogP contribution in [0.4, 0.5) is 0 Å². The average molecular weight is 255 g/mol. The van der Waals surface area contributed by atoms with E-state index in [1.807, 2.05) is 27.7 Å². The van der Waals surface area contributed by atoms with Crippen molar-refractivity contribution in [3.05, 3.63) is 10.1 Å². The number of hydrogen-bond acceptors (Lipinski definition) is 5. The zero-order valence-electron chi connectivity index (χ0n) is 9.97. The van der Waals surface area contributed by atoms with Gasteiger partial charge in [-0.2, -0.15) is 5.06 Å². The number of halogens is 1. The van der Waals surface area contributed by atoms with Gasteiger partial charge in [0.2, 0.25) is 0 Å². The van der Waals surface area contributed by atoms with Crippen LogP contribution in [-0.4, -0.2) is 33.0 Å². The summed E-state index contributed by atoms with van der Waals surface area (Å²) in [6.07, 6.45) is 0.671. The molecular formula is C9H19ClN2O4. The number of hydroxylamine groups is 2. The molecule has 1 aliphatic heterocycles. The molecule has 1 rings (SSSR count). The van der Waals surface area contributed by atoms with Crippen molar-refractivity contribution >= 4 is 12.4 Å². The highest BCUT2D eigenvalue weighted by Gasteiger charge is 2.51. The van der Waals surface area contributed by atoms with Crippen molar-refractivity contribution in [2.45, 2.75) is 45.2 Å². The standard InChI is InChI=1S/C9H18N2O4.ClH/c1-8(2)5-7(6-15-11(13)14)9(3,4)10(8)12;/h7,12H,5-6H2,1-4H3;1H. The summed E-state index contributed by atoms with van der Waals surface area (Å²) in [5.74, 6) is -0.0529. The quantitative estimate of drug-likeness (QED) is 0.615. The lowest BCUT2D eigenvalue weighted by atomic mass is 9.88. The molecule has 1 atom stereocenters. The van der Waals surface area contributed by atoms with Gasteiger partial charge in [0, 0.05) is 17.0 Å². The van der Waals surface area contributed by atoms with Gasteiger partial charge in [-0.15, -0.1) is 22.5 Å². The van der Waals surface area contributed by atoms with E-state index < -0.39 is 10.6 Å². The van der Waals surface area contributed by atoms with E-state index in [9.17, 15) is 15.3 Å². The van der Waals surface area contributed by atoms with Crippen molar-refractivity contribution < 1.29 is 15.1 Å². The summed E-state index contributed by atoms with van der Waals surface area (Å²) in [6, 6.07) is 0. The van der Waals surface area contributed by atoms with Crippen LogP contribution in [0, 0.1) is 16.0 Å². The molecule has 0 saturated carbocycles. The number of nitrogens with zero attached hydrogens (tertiary/aromatic N) is 2. The Kier molecular flexibility index (Phi) is 4.55. The minimum Gasteiger partial charge on any atom is -0.314 e. The summed E-state index contributed by atoms with van der Waals surface area (Å²) in [6.45, 7) is 7.55. The first-order chi connectivity index (χ1) is 6.68. The van der Waals surface area contributed by atoms with Gasteiger partial charge in [0.15, 0.2) is 0 Å². The molecule has 96 valence electrons. The van der Waals surface area contributed by atoms with Crippen molar-refractivity contribution in [2.75, 3.05) is 6.61 Å². The Morgan fingerprint density at radius 1 is 1.50 bits per heavy atom. The zero-order valence-corrected chi connectivity index (χ0v) is 10.8. The molecule has 1 unspecified atom stereocenters. The van der Waals surface area contributed by atoms with Gasteiger partial charge < -0.3 is 10.0 Å². The molecule has 1 heterocycles. The molecule has 1 aliphatic rings. The first-order valence-corrected chi connectivity index (χ1v) is 4.94. The Balaban J connectivity index is 0.00000225. The summed E-state index contributed by atoms with van der Waals surface area (Å²) >= 11 is 0. The Bertz CT molecular complexity index is 270. The molecule has 7 heteroatoms. The van der Waals surface area contributed by atoms with Crippen molar-refractivity contribution in [2.24, 2.45) is 5.92 Å². The fraction of sp³-hybridized carbons (Fsp3) is 1.00. The second-order valence-corrected chi connectivity index (χ2v) is 5.20. The predicted octanol–water partition coefficient (Wildman–Crippen LogP) is 1.88. The van der Waals surface area contributed by atoms with E-state index in [0.29, 0.717) is 6.42 Å². The molecule has 0 aromatic carbocycles. The highest BCUT2D eigenvalue weighted by atomic mass is 35.5. The van der Waals surface area contributed by atoms with Gasteiger partial charge in [-0.3, -0.25) is 0 Å². The van der Waals surface area contributed by atoms with Gasteiger partial charge in [0.05, 0.1) is 0 Å². The molecule has 1 N–H and O–H groups in total. The van der Waals surface area contributed by atoms with E-state index >= 15 is 0 Å². The number of hydrogen-bond donors (Lipinski definition) is 1. The van der Waals surface area contributed by atoms with Gasteiger partial charge in [-0.05, 0) is 34.1 Å². The maximum atomic E-state index is 10.1. The lowest BCUT2D eigenvalue weighted by molar-refractivity contribution is -0.759. The number of rotatable bonds is 3. The van der Waals surface area contributed by atoms with Crippen LogP contribution < -0.4 is 0 Å². The van der Waals surface area contributed by atoms with Gasteiger partial charge in [-0.25, -0.2) is 0 Å². The molecule has 0 bridgehead atoms. The van der Waals surface area contributed by atoms with Crippen LogP contribution in [0.1, 0.15) is 34.1 Å². The summed E-state index contributed by atoms with van der Waals surface area (Å²) in [5.41, 5.74) is -0.867. The van der Waals surface area contributed by atoms with E-state index in [1.165, 1.54) is 5.06 Å². The van der Waals surface area contributed by atoms with E-state index in [1.54, 1.807) is 0 Å². The normalized spacial score (nSPS) is 27.2. The SMILES string of the molecule is CC1(C)CC(CO[N+](=O)[O-])C(C)(C)N1O.Cl. The summed E-state index contributed by atoms with van der Waals surface area (Å²) in [7, 11) is 0. The molecule has 0 radical (unpaired) electrons. The largest absolute Gasteiger partial charge is 0.314 e. The van der Waals surface area contributed by atoms with Crippen molar-refractivity contribution in [1.82, 2.24) is 5.06 Å². The molecule has 6 nitrogen and oxygen atoms in total. The summed E-state index contributed by atoms with van der Waals surface area (Å²) < 4.78 is 0. The average Bonchev–Trinajstić information content (AvgIpc) is 2.23. The molecule has 0 amide bonds. The van der Waals surface area contributed by atoms with Crippen LogP contribution in [0.3, 0.4) is 0 Å². The van der Waals surface area contributed by atoms with Crippen molar-refractivity contribution in [3.8, 4) is 0 Å². The molecule has 0 aromatic rings. The minimum atomic E-state index is -0.789. The molecule has 16 heavy (non-hydrogen) atoms. The van der Waals surface area contributed by atoms with Crippen molar-refractivity contribution in [1.29, 1.82) is 0 Å². The lowest BCUT2D eigenvalue weighted by Gasteiger charge is -2.35. The van der Waals surface area contributed by atoms with Gasteiger partial charge in [0.1, 0.15) is 6.61 Å². The molecular weight excluding hydrogens is 236 g/mol. The monoisotopic (exact) mass is 254 g/mol. The topological polar surface area (TPSA) is 75.8 Å². The fourth-order valence-electron chi connectivity index (χ4n) is 2.31. The van der Waals surface area contributed by atoms with Crippen LogP contribution in [-0.2, 0) is 4.84 Å². The van der Waals surface area contributed by atoms with Crippen LogP contribution in [0.5, 0.6) is 0 Å². The summed E-state index contributed by atoms with van der Waals surface area (Å²) in [5, 5.41) is 20.5. The van der Waals surface area contributed by atoms with Gasteiger partial charge >= 0.3 is 0 Å². The zero-order chi connectivity index (χ0) is 11.9. The second kappa shape index (κ2) is 4.73. The van der Waals surface area contributed by atoms with Gasteiger partial charge in [0.25, 0.3) is 5.09 Å². The lowest BCUT2D eigenvalue weighted by Crippen LogP contribution is -2.47. The fourth-order valence-corrected chi connectivity index (χ4v) is 2.31. The Morgan fingerprint density at radius 2 is 2.00 bits per heavy atom. The summed E-state index contributed by atoms with van der Waals surface area (Å²) in [4.78, 5) is 14.5. The maximum Gasteiger partial charge on any atom is 0.294 e. The molecule has 1 fully saturated rings. The minimum absolute atomic E-state index is 0. The third kappa shape index (κ3) is 2.75. The Morgan fingerprint density at radius 3 is 2.31 bits per heavy atom. The van der Waals surface area contributed by atoms with E-state index in [4.69, 9.17) is 0 Å². The van der Waals surface area contributed by atoms with Crippen LogP contribution in [0.25, 0.3) is 0 Å². The van der Waals surface area contributed by atoms with E-state index in [-0.39, 0.29) is 30.5 Å². The molecule has 0 aliphatic carbocycles. The maximum absolute atomic E-state index is 10.1. The first kappa shape index (κ1) is 15.4. The highest BCUT2D eigenvalue weighted by molar-refractivity contribution is 5.85.